The van der Waals surface area contributed by atoms with Gasteiger partial charge >= 0.3 is 0 Å². The topological polar surface area (TPSA) is 333 Å². The largest absolute Gasteiger partial charge is 0.494 e. The number of fused-ring (bicyclic) bond motifs is 5. The Labute approximate surface area is 844 Å². The Balaban J connectivity index is 0.000000172. The van der Waals surface area contributed by atoms with E-state index in [4.69, 9.17) is 59.1 Å². The van der Waals surface area contributed by atoms with Gasteiger partial charge in [0.25, 0.3) is 0 Å². The number of nitrogens with zero attached hydrogens (tertiary/aromatic N) is 9. The molecule has 4 atom stereocenters. The predicted molar refractivity (Wildman–Crippen MR) is 574 cm³/mol. The summed E-state index contributed by atoms with van der Waals surface area (Å²) in [6.45, 7) is 40.2. The molecule has 15 rings (SSSR count). The van der Waals surface area contributed by atoms with Gasteiger partial charge in [-0.3, -0.25) is 4.79 Å². The summed E-state index contributed by atoms with van der Waals surface area (Å²) in [5.74, 6) is 1.08. The van der Waals surface area contributed by atoms with Crippen molar-refractivity contribution in [1.82, 2.24) is 48.2 Å². The summed E-state index contributed by atoms with van der Waals surface area (Å²) in [5.41, 5.74) is 19.9. The van der Waals surface area contributed by atoms with Gasteiger partial charge in [0.05, 0.1) is 92.0 Å². The molecule has 9 N–H and O–H groups in total. The van der Waals surface area contributed by atoms with Crippen molar-refractivity contribution in [1.29, 1.82) is 0 Å². The molecule has 5 aromatic carbocycles. The van der Waals surface area contributed by atoms with Crippen LogP contribution in [-0.2, 0) is 57.1 Å². The zero-order valence-corrected chi connectivity index (χ0v) is 90.9. The first-order valence-corrected chi connectivity index (χ1v) is 63.3. The molecule has 0 aliphatic rings. The number of hydrogen-bond acceptors (Lipinski definition) is 21. The molecular formula is C109H141F5N12O14Si4. The molecule has 144 heavy (non-hydrogen) atoms. The number of hydrogen-bond donors (Lipinski definition) is 7. The number of ether oxygens (including phenoxy) is 9. The van der Waals surface area contributed by atoms with Crippen LogP contribution in [-0.4, -0.2) is 182 Å². The lowest BCUT2D eigenvalue weighted by atomic mass is 9.97. The average molecular weight is 2050 g/mol. The van der Waals surface area contributed by atoms with Gasteiger partial charge < -0.3 is 97.8 Å². The van der Waals surface area contributed by atoms with E-state index in [1.165, 1.54) is 37.4 Å². The van der Waals surface area contributed by atoms with Crippen LogP contribution in [0, 0.1) is 29.1 Å². The molecule has 10 aromatic heterocycles. The summed E-state index contributed by atoms with van der Waals surface area (Å²) in [4.78, 5) is 38.2. The molecule has 0 saturated carbocycles. The van der Waals surface area contributed by atoms with Crippen LogP contribution in [0.4, 0.5) is 22.0 Å². The van der Waals surface area contributed by atoms with E-state index in [-0.39, 0.29) is 74.9 Å². The Morgan fingerprint density at radius 1 is 0.389 bits per heavy atom. The highest BCUT2D eigenvalue weighted by Gasteiger charge is 2.31. The molecule has 772 valence electrons. The van der Waals surface area contributed by atoms with Crippen molar-refractivity contribution in [2.45, 2.75) is 207 Å². The molecule has 0 fully saturated rings. The summed E-state index contributed by atoms with van der Waals surface area (Å²) in [5, 5.41) is 45.0. The van der Waals surface area contributed by atoms with E-state index in [0.29, 0.717) is 192 Å². The highest BCUT2D eigenvalue weighted by Crippen LogP contribution is 2.44. The van der Waals surface area contributed by atoms with E-state index in [1.807, 2.05) is 62.9 Å². The number of aromatic amines is 1. The second-order valence-corrected chi connectivity index (χ2v) is 63.2. The van der Waals surface area contributed by atoms with Crippen molar-refractivity contribution in [2.24, 2.45) is 11.5 Å². The van der Waals surface area contributed by atoms with Crippen LogP contribution in [0.3, 0.4) is 0 Å². The average Bonchev–Trinajstić information content (AvgIpc) is 1.62. The number of halogens is 5. The molecule has 0 amide bonds. The van der Waals surface area contributed by atoms with Crippen molar-refractivity contribution in [2.75, 3.05) is 75.1 Å². The number of benzene rings is 5. The first-order valence-electron chi connectivity index (χ1n) is 48.5. The van der Waals surface area contributed by atoms with Gasteiger partial charge in [0.1, 0.15) is 136 Å². The van der Waals surface area contributed by atoms with E-state index < -0.39 is 55.7 Å². The van der Waals surface area contributed by atoms with Crippen LogP contribution in [0.1, 0.15) is 99.4 Å². The molecule has 0 aliphatic carbocycles. The highest BCUT2D eigenvalue weighted by atomic mass is 28.3. The van der Waals surface area contributed by atoms with Crippen LogP contribution in [0.25, 0.3) is 111 Å². The summed E-state index contributed by atoms with van der Waals surface area (Å²) >= 11 is 0. The summed E-state index contributed by atoms with van der Waals surface area (Å²) in [7, 11) is 2.99. The Hall–Kier alpha value is -11.7. The number of aliphatic hydroxyl groups is 4. The van der Waals surface area contributed by atoms with E-state index in [9.17, 15) is 47.2 Å². The maximum atomic E-state index is 14.8. The third-order valence-corrected chi connectivity index (χ3v) is 31.6. The third-order valence-electron chi connectivity index (χ3n) is 24.8. The zero-order valence-electron chi connectivity index (χ0n) is 86.9. The molecule has 4 unspecified atom stereocenters. The van der Waals surface area contributed by atoms with Crippen molar-refractivity contribution in [3.8, 4) is 85.0 Å². The molecule has 0 bridgehead atoms. The van der Waals surface area contributed by atoms with Gasteiger partial charge in [0.2, 0.25) is 0 Å². The molecular weight excluding hydrogens is 1910 g/mol. The maximum absolute atomic E-state index is 14.8. The molecule has 10 heterocycles. The number of aromatic nitrogens is 10. The fraction of sp³-hybridized carbons (Fsp3) is 0.394. The molecule has 35 heteroatoms. The lowest BCUT2D eigenvalue weighted by Gasteiger charge is -2.22. The molecule has 0 radical (unpaired) electrons. The number of Topliss-reactive ketones (excluding diaryl/α,β-unsaturated/α-hetero) is 1. The summed E-state index contributed by atoms with van der Waals surface area (Å²) in [6.07, 6.45) is 8.94. The number of aliphatic hydroxyl groups excluding tert-OH is 2. The number of methoxy groups -OCH3 is 5. The lowest BCUT2D eigenvalue weighted by molar-refractivity contribution is 0.0485. The fourth-order valence-corrected chi connectivity index (χ4v) is 18.9. The molecule has 0 aliphatic heterocycles. The van der Waals surface area contributed by atoms with Crippen LogP contribution in [0.5, 0.6) is 28.7 Å². The Kier molecular flexibility index (Phi) is 38.7. The number of carbonyl (C=O) groups is 1. The van der Waals surface area contributed by atoms with Gasteiger partial charge in [-0.25, -0.2) is 46.9 Å². The van der Waals surface area contributed by atoms with Crippen molar-refractivity contribution < 1.29 is 89.8 Å². The number of pyridine rings is 5. The van der Waals surface area contributed by atoms with Crippen LogP contribution in [0.2, 0.25) is 103 Å². The van der Waals surface area contributed by atoms with E-state index >= 15 is 0 Å². The van der Waals surface area contributed by atoms with E-state index in [2.05, 4.69) is 103 Å². The van der Waals surface area contributed by atoms with Crippen molar-refractivity contribution >= 4 is 92.6 Å². The Morgan fingerprint density at radius 2 is 0.688 bits per heavy atom. The quantitative estimate of drug-likeness (QED) is 0.00812. The smallest absolute Gasteiger partial charge is 0.180 e. The number of para-hydroxylation sites is 5. The number of nitrogens with two attached hydrogens (primary N) is 2. The number of carbonyl (C=O) groups excluding carboxylic acids is 1. The monoisotopic (exact) mass is 2050 g/mol. The van der Waals surface area contributed by atoms with Crippen LogP contribution < -0.4 is 35.2 Å². The predicted octanol–water partition coefficient (Wildman–Crippen LogP) is 23.8. The number of ketones is 1. The lowest BCUT2D eigenvalue weighted by Crippen LogP contribution is -2.32. The zero-order chi connectivity index (χ0) is 105. The number of H-pyrrole nitrogens is 1. The molecule has 15 aromatic rings. The fourth-order valence-electron chi connectivity index (χ4n) is 15.9. The summed E-state index contributed by atoms with van der Waals surface area (Å²) < 4.78 is 131. The van der Waals surface area contributed by atoms with Crippen molar-refractivity contribution in [3.63, 3.8) is 0 Å². The molecule has 26 nitrogen and oxygen atoms in total. The minimum Gasteiger partial charge on any atom is -0.494 e. The molecule has 0 spiro atoms. The van der Waals surface area contributed by atoms with Crippen molar-refractivity contribution in [3.05, 3.63) is 240 Å². The van der Waals surface area contributed by atoms with Crippen LogP contribution in [0.15, 0.2) is 183 Å². The Morgan fingerprint density at radius 3 is 1.00 bits per heavy atom. The first-order chi connectivity index (χ1) is 68.3. The van der Waals surface area contributed by atoms with Gasteiger partial charge in [-0.15, -0.1) is 0 Å². The van der Waals surface area contributed by atoms with E-state index in [0.717, 1.165) is 46.1 Å². The summed E-state index contributed by atoms with van der Waals surface area (Å²) in [6, 6.07) is 46.3. The second kappa shape index (κ2) is 49.5. The highest BCUT2D eigenvalue weighted by molar-refractivity contribution is 6.77. The molecule has 0 saturated heterocycles. The number of rotatable bonds is 40. The SMILES string of the molecule is CCC(=O)c1ccc(OC)c(-c2cn(COCC[Si](C)(C)C)c3c(F)cccc23)n1.CCC(C)(O)c1ccc(OC)c(-c2cn(COCC[Si](C)(C)C)c3c(F)cccc23)n1.CCC(O)c1ccc(OC)c(-c2cn(COCC[Si](C)(C)C)c3c(F)cccc23)n1.COc1ccc(C(C)(O)CN)nc1-c1c[nH]c2c(F)cccc12.COc1ccc(C(O)CN)nc1-c1cn(COCC[Si](C)(C)C)c2c(F)cccc12. The second-order valence-electron chi connectivity index (χ2n) is 40.7. The minimum absolute atomic E-state index is 0.0360. The third kappa shape index (κ3) is 28.1. The minimum atomic E-state index is -1.25. The normalized spacial score (nSPS) is 13.1. The maximum Gasteiger partial charge on any atom is 0.180 e. The Bertz CT molecular complexity index is 6720. The number of nitrogens with one attached hydrogen (secondary N) is 1. The van der Waals surface area contributed by atoms with E-state index in [1.54, 1.807) is 171 Å². The van der Waals surface area contributed by atoms with Gasteiger partial charge in [-0.1, -0.05) is 160 Å². The van der Waals surface area contributed by atoms with Gasteiger partial charge in [0, 0.05) is 164 Å². The van der Waals surface area contributed by atoms with Crippen LogP contribution >= 0.6 is 0 Å². The van der Waals surface area contributed by atoms with Gasteiger partial charge in [-0.05, 0) is 142 Å². The standard InChI is InChI=1S/C24H33FN2O3Si.C23H31FN2O3Si.C23H29FN2O3Si.C22H30FN3O3Si.C17H18FN3O2/c1-7-24(2,28)21-12-11-20(29-3)22(26-21)18-15-27(16-30-13-14-31(4,5)6)23-17(18)9-8-10-19(23)25;2*1-6-20(27)19-10-11-21(28-2)22(25-19)17-14-26(15-29-12-13-30(3,4)5)23-16(17)8-7-9-18(23)24;1-28-20-9-8-18(19(27)12-24)25-21(20)16-13-26(14-29-10-11-30(2,3)4)22-15(16)6-5-7-17(22)23;1-17(22,9-19)14-7-6-13(23-2)16(21-14)11-8-20-15-10(11)4-3-5-12(15)18/h8-12,15,28H,7,13-14,16H2,1-6H3;7-11,14,20,27H,6,12-13,15H2,1-5H3;7-11,14H,6,12-13,15H2,1-5H3;5-9,13,19,27H,10-12,14,24H2,1-4H3;3-8,20,22H,9,19H2,1-2H3. The van der Waals surface area contributed by atoms with Gasteiger partial charge in [-0.2, -0.15) is 0 Å². The first kappa shape index (κ1) is 113. The van der Waals surface area contributed by atoms with Gasteiger partial charge in [0.15, 0.2) is 5.78 Å².